The van der Waals surface area contributed by atoms with E-state index in [1.807, 2.05) is 20.8 Å². The average molecular weight is 605 g/mol. The third-order valence-electron chi connectivity index (χ3n) is 6.44. The van der Waals surface area contributed by atoms with Crippen molar-refractivity contribution in [2.45, 2.75) is 71.3 Å². The summed E-state index contributed by atoms with van der Waals surface area (Å²) >= 11 is 0. The molecule has 5 unspecified atom stereocenters. The monoisotopic (exact) mass is 604 g/mol. The highest BCUT2D eigenvalue weighted by molar-refractivity contribution is 7.52. The molecule has 42 heavy (non-hydrogen) atoms. The van der Waals surface area contributed by atoms with Crippen molar-refractivity contribution in [3.05, 3.63) is 43.0 Å². The number of nitrogens with one attached hydrogen (secondary N) is 1. The number of hydrogen-bond acceptors (Lipinski definition) is 13. The van der Waals surface area contributed by atoms with Crippen molar-refractivity contribution in [3.63, 3.8) is 0 Å². The number of nitrogens with zero attached hydrogens (tertiary/aromatic N) is 4. The maximum absolute atomic E-state index is 14.1. The summed E-state index contributed by atoms with van der Waals surface area (Å²) < 4.78 is 49.9. The number of para-hydroxylation sites is 1. The molecule has 5 rings (SSSR count). The van der Waals surface area contributed by atoms with Gasteiger partial charge in [0.15, 0.2) is 29.9 Å². The molecule has 1 aromatic carbocycles. The van der Waals surface area contributed by atoms with Gasteiger partial charge >= 0.3 is 19.9 Å². The predicted octanol–water partition coefficient (Wildman–Crippen LogP) is 3.37. The lowest BCUT2D eigenvalue weighted by Gasteiger charge is -2.29. The van der Waals surface area contributed by atoms with E-state index in [1.54, 1.807) is 41.8 Å². The summed E-state index contributed by atoms with van der Waals surface area (Å²) in [5.74, 6) is -0.236. The van der Waals surface area contributed by atoms with Crippen LogP contribution in [0.25, 0.3) is 11.2 Å². The molecule has 4 heterocycles. The van der Waals surface area contributed by atoms with Crippen LogP contribution in [-0.2, 0) is 32.8 Å². The molecule has 3 aromatic rings. The maximum atomic E-state index is 14.1. The largest absolute Gasteiger partial charge is 0.509 e. The van der Waals surface area contributed by atoms with Gasteiger partial charge in [-0.15, -0.1) is 0 Å². The van der Waals surface area contributed by atoms with Crippen molar-refractivity contribution in [3.8, 4) is 5.75 Å². The van der Waals surface area contributed by atoms with Crippen molar-refractivity contribution in [1.82, 2.24) is 24.6 Å². The highest BCUT2D eigenvalue weighted by Gasteiger charge is 2.58. The minimum absolute atomic E-state index is 0.157. The van der Waals surface area contributed by atoms with Crippen LogP contribution in [0.4, 0.5) is 10.6 Å². The van der Waals surface area contributed by atoms with Crippen LogP contribution >= 0.6 is 7.75 Å². The Morgan fingerprint density at radius 2 is 1.86 bits per heavy atom. The predicted molar refractivity (Wildman–Crippen MR) is 147 cm³/mol. The molecule has 0 amide bonds. The number of hydrogen-bond donors (Lipinski definition) is 2. The van der Waals surface area contributed by atoms with E-state index in [2.05, 4.69) is 20.0 Å². The van der Waals surface area contributed by atoms with E-state index in [1.165, 1.54) is 19.6 Å². The van der Waals surface area contributed by atoms with Gasteiger partial charge < -0.3 is 29.2 Å². The number of aromatic nitrogens is 4. The number of benzene rings is 1. The van der Waals surface area contributed by atoms with E-state index in [0.29, 0.717) is 11.2 Å². The number of nitrogens with two attached hydrogens (primary N) is 1. The summed E-state index contributed by atoms with van der Waals surface area (Å²) in [7, 11) is -4.27. The van der Waals surface area contributed by atoms with Crippen LogP contribution in [0, 0.1) is 5.41 Å². The number of ether oxygens (including phenoxy) is 4. The zero-order valence-electron chi connectivity index (χ0n) is 23.7. The first-order valence-electron chi connectivity index (χ1n) is 13.3. The molecule has 0 bridgehead atoms. The molecule has 0 saturated carbocycles. The van der Waals surface area contributed by atoms with Crippen molar-refractivity contribution in [1.29, 1.82) is 0 Å². The molecule has 0 radical (unpaired) electrons. The Labute approximate surface area is 241 Å². The van der Waals surface area contributed by atoms with Gasteiger partial charge in [0, 0.05) is 0 Å². The smallest absolute Gasteiger partial charge is 0.464 e. The first-order chi connectivity index (χ1) is 19.8. The molecule has 3 N–H and O–H groups in total. The van der Waals surface area contributed by atoms with Gasteiger partial charge in [0.1, 0.15) is 29.7 Å². The molecule has 226 valence electrons. The number of imidazole rings is 1. The lowest BCUT2D eigenvalue weighted by molar-refractivity contribution is -0.148. The van der Waals surface area contributed by atoms with Crippen LogP contribution in [0.2, 0.25) is 0 Å². The lowest BCUT2D eigenvalue weighted by Crippen LogP contribution is -2.41. The molecule has 2 saturated heterocycles. The first-order valence-corrected chi connectivity index (χ1v) is 14.8. The van der Waals surface area contributed by atoms with E-state index in [4.69, 9.17) is 33.7 Å². The van der Waals surface area contributed by atoms with Gasteiger partial charge in [0.2, 0.25) is 0 Å². The second kappa shape index (κ2) is 11.5. The van der Waals surface area contributed by atoms with Gasteiger partial charge in [0.25, 0.3) is 0 Å². The summed E-state index contributed by atoms with van der Waals surface area (Å²) in [6, 6.07) is 7.27. The third-order valence-corrected chi connectivity index (χ3v) is 8.21. The third kappa shape index (κ3) is 6.33. The van der Waals surface area contributed by atoms with Crippen LogP contribution in [0.1, 0.15) is 40.8 Å². The highest BCUT2D eigenvalue weighted by Crippen LogP contribution is 2.49. The fraction of sp³-hybridized carbons (Fsp3) is 0.500. The van der Waals surface area contributed by atoms with E-state index >= 15 is 0 Å². The number of carbonyl (C=O) groups is 2. The van der Waals surface area contributed by atoms with Gasteiger partial charge in [-0.2, -0.15) is 5.09 Å². The van der Waals surface area contributed by atoms with E-state index in [0.717, 1.165) is 0 Å². The van der Waals surface area contributed by atoms with Crippen LogP contribution < -0.4 is 15.3 Å². The van der Waals surface area contributed by atoms with E-state index in [9.17, 15) is 14.2 Å². The first kappa shape index (κ1) is 29.7. The Morgan fingerprint density at radius 1 is 1.14 bits per heavy atom. The standard InChI is InChI=1S/C26H33N6O9P/c1-14(24(33)36-11-26(3,4)5)31-42(35,41-16-9-7-6-8-10-16)40-15(2)18-19-20(39-25(34)38-19)23(37-18)32-13-30-17-21(27)28-12-29-22(17)32/h6-10,12-15,18-20,23H,11H2,1-5H3,(H,31,35)(H2,27,28,29)/t14?,15?,18-,19?,20?,23-,42?/m1/s1. The zero-order chi connectivity index (χ0) is 30.2. The Kier molecular flexibility index (Phi) is 8.12. The van der Waals surface area contributed by atoms with Crippen molar-refractivity contribution >= 4 is 36.9 Å². The van der Waals surface area contributed by atoms with E-state index in [-0.39, 0.29) is 23.6 Å². The Morgan fingerprint density at radius 3 is 2.57 bits per heavy atom. The summed E-state index contributed by atoms with van der Waals surface area (Å²) in [6.07, 6.45) is -2.93. The average Bonchev–Trinajstić information content (AvgIpc) is 3.60. The Hall–Kier alpha value is -3.78. The topological polar surface area (TPSA) is 188 Å². The number of carbonyl (C=O) groups excluding carboxylic acids is 2. The molecule has 0 aliphatic carbocycles. The second-order valence-corrected chi connectivity index (χ2v) is 12.9. The molecular weight excluding hydrogens is 571 g/mol. The number of rotatable bonds is 10. The maximum Gasteiger partial charge on any atom is 0.509 e. The summed E-state index contributed by atoms with van der Waals surface area (Å²) in [4.78, 5) is 37.3. The van der Waals surface area contributed by atoms with Crippen LogP contribution in [0.3, 0.4) is 0 Å². The molecule has 7 atom stereocenters. The van der Waals surface area contributed by atoms with E-state index < -0.39 is 56.6 Å². The van der Waals surface area contributed by atoms with Gasteiger partial charge in [-0.05, 0) is 31.4 Å². The van der Waals surface area contributed by atoms with Gasteiger partial charge in [-0.1, -0.05) is 39.0 Å². The normalized spacial score (nSPS) is 24.7. The number of anilines is 1. The molecule has 15 nitrogen and oxygen atoms in total. The minimum Gasteiger partial charge on any atom is -0.464 e. The summed E-state index contributed by atoms with van der Waals surface area (Å²) in [5, 5.41) is 2.67. The van der Waals surface area contributed by atoms with Crippen molar-refractivity contribution in [2.24, 2.45) is 5.41 Å². The molecular formula is C26H33N6O9P. The molecule has 2 fully saturated rings. The Balaban J connectivity index is 1.38. The van der Waals surface area contributed by atoms with Crippen LogP contribution in [0.15, 0.2) is 43.0 Å². The summed E-state index contributed by atoms with van der Waals surface area (Å²) in [6.45, 7) is 8.98. The van der Waals surface area contributed by atoms with Gasteiger partial charge in [0.05, 0.1) is 19.0 Å². The fourth-order valence-electron chi connectivity index (χ4n) is 4.51. The summed E-state index contributed by atoms with van der Waals surface area (Å²) in [5.41, 5.74) is 6.35. The van der Waals surface area contributed by atoms with Crippen LogP contribution in [0.5, 0.6) is 5.75 Å². The Bertz CT molecular complexity index is 1500. The second-order valence-electron chi connectivity index (χ2n) is 11.2. The van der Waals surface area contributed by atoms with Gasteiger partial charge in [-0.25, -0.2) is 24.3 Å². The lowest BCUT2D eigenvalue weighted by atomic mass is 9.99. The molecule has 2 aliphatic rings. The molecule has 0 spiro atoms. The number of esters is 1. The fourth-order valence-corrected chi connectivity index (χ4v) is 6.21. The molecule has 16 heteroatoms. The van der Waals surface area contributed by atoms with Crippen LogP contribution in [-0.4, -0.2) is 68.7 Å². The molecule has 2 aliphatic heterocycles. The SMILES string of the molecule is CC(NP(=O)(Oc1ccccc1)OC(C)[C@H]1O[C@@H](n2cnc3c(N)ncnc32)C2OC(=O)OC21)C(=O)OCC(C)(C)C. The quantitative estimate of drug-likeness (QED) is 0.253. The molecule has 2 aromatic heterocycles. The highest BCUT2D eigenvalue weighted by atomic mass is 31.2. The zero-order valence-corrected chi connectivity index (χ0v) is 24.6. The van der Waals surface area contributed by atoms with Gasteiger partial charge in [-0.3, -0.25) is 13.9 Å². The van der Waals surface area contributed by atoms with Crippen molar-refractivity contribution < 1.29 is 42.1 Å². The minimum atomic E-state index is -4.27. The number of fused-ring (bicyclic) bond motifs is 2. The number of nitrogen functional groups attached to an aromatic ring is 1. The van der Waals surface area contributed by atoms with Crippen molar-refractivity contribution in [2.75, 3.05) is 12.3 Å².